The van der Waals surface area contributed by atoms with Crippen LogP contribution < -0.4 is 5.32 Å². The Morgan fingerprint density at radius 3 is 2.31 bits per heavy atom. The lowest BCUT2D eigenvalue weighted by Gasteiger charge is -2.31. The molecule has 7 nitrogen and oxygen atoms in total. The summed E-state index contributed by atoms with van der Waals surface area (Å²) in [5.41, 5.74) is 1.90. The second-order valence-electron chi connectivity index (χ2n) is 8.80. The lowest BCUT2D eigenvalue weighted by molar-refractivity contribution is -0.117. The van der Waals surface area contributed by atoms with Crippen LogP contribution in [0.5, 0.6) is 0 Å². The molecule has 2 heterocycles. The lowest BCUT2D eigenvalue weighted by Crippen LogP contribution is -2.39. The molecule has 0 aliphatic carbocycles. The zero-order chi connectivity index (χ0) is 25.4. The highest BCUT2D eigenvalue weighted by Crippen LogP contribution is 2.38. The minimum absolute atomic E-state index is 0.113. The van der Waals surface area contributed by atoms with E-state index in [2.05, 4.69) is 5.32 Å². The molecule has 186 valence electrons. The minimum atomic E-state index is -3.63. The SMILES string of the molecule is O=C1CN(C(=O)c2ccc(S(=O)(=O)N3CCCC3)cc2)[C@@H](c2ccc(F)cc2)c2cc(Cl)ccc2N1. The number of halogens is 2. The van der Waals surface area contributed by atoms with Gasteiger partial charge in [0.25, 0.3) is 5.91 Å². The van der Waals surface area contributed by atoms with Gasteiger partial charge in [0.05, 0.1) is 10.9 Å². The Balaban J connectivity index is 1.54. The van der Waals surface area contributed by atoms with Crippen LogP contribution in [0.25, 0.3) is 0 Å². The molecule has 0 saturated carbocycles. The summed E-state index contributed by atoms with van der Waals surface area (Å²) in [6, 6.07) is 15.7. The van der Waals surface area contributed by atoms with E-state index in [0.717, 1.165) is 12.8 Å². The number of amides is 2. The van der Waals surface area contributed by atoms with Crippen molar-refractivity contribution in [2.75, 3.05) is 25.0 Å². The molecule has 2 aliphatic rings. The Hall–Kier alpha value is -3.27. The van der Waals surface area contributed by atoms with Gasteiger partial charge in [-0.2, -0.15) is 4.31 Å². The quantitative estimate of drug-likeness (QED) is 0.543. The van der Waals surface area contributed by atoms with Crippen molar-refractivity contribution < 1.29 is 22.4 Å². The van der Waals surface area contributed by atoms with Crippen molar-refractivity contribution in [2.24, 2.45) is 0 Å². The van der Waals surface area contributed by atoms with Crippen molar-refractivity contribution in [1.82, 2.24) is 9.21 Å². The van der Waals surface area contributed by atoms with Crippen LogP contribution >= 0.6 is 11.6 Å². The number of carbonyl (C=O) groups is 2. The Kier molecular flexibility index (Phi) is 6.55. The summed E-state index contributed by atoms with van der Waals surface area (Å²) in [5, 5.41) is 3.22. The third kappa shape index (κ3) is 4.61. The summed E-state index contributed by atoms with van der Waals surface area (Å²) in [5.74, 6) is -1.30. The molecule has 0 aromatic heterocycles. The predicted octanol–water partition coefficient (Wildman–Crippen LogP) is 4.45. The standard InChI is InChI=1S/C26H23ClFN3O4S/c27-19-7-12-23-22(15-19)25(17-3-8-20(28)9-4-17)31(16-24(32)29-23)26(33)18-5-10-21(11-6-18)36(34,35)30-13-1-2-14-30/h3-12,15,25H,1-2,13-14,16H2,(H,29,32)/t25-/m0/s1. The fraction of sp³-hybridized carbons (Fsp3) is 0.231. The number of nitrogens with zero attached hydrogens (tertiary/aromatic N) is 2. The second kappa shape index (κ2) is 9.65. The van der Waals surface area contributed by atoms with Gasteiger partial charge in [-0.25, -0.2) is 12.8 Å². The molecule has 1 saturated heterocycles. The normalized spacial score (nSPS) is 18.4. The fourth-order valence-corrected chi connectivity index (χ4v) is 6.38. The van der Waals surface area contributed by atoms with Crippen LogP contribution in [0.1, 0.15) is 40.4 Å². The smallest absolute Gasteiger partial charge is 0.255 e. The average Bonchev–Trinajstić information content (AvgIpc) is 3.37. The van der Waals surface area contributed by atoms with Gasteiger partial charge < -0.3 is 10.2 Å². The molecule has 2 aliphatic heterocycles. The van der Waals surface area contributed by atoms with Crippen LogP contribution in [-0.2, 0) is 14.8 Å². The van der Waals surface area contributed by atoms with Crippen molar-refractivity contribution in [1.29, 1.82) is 0 Å². The van der Waals surface area contributed by atoms with Gasteiger partial charge in [0.2, 0.25) is 15.9 Å². The van der Waals surface area contributed by atoms with Gasteiger partial charge in [-0.05, 0) is 73.0 Å². The molecular weight excluding hydrogens is 505 g/mol. The highest BCUT2D eigenvalue weighted by atomic mass is 35.5. The molecule has 2 amide bonds. The Bertz CT molecular complexity index is 1420. The summed E-state index contributed by atoms with van der Waals surface area (Å²) in [6.45, 7) is 0.696. The third-order valence-electron chi connectivity index (χ3n) is 6.46. The van der Waals surface area contributed by atoms with Crippen molar-refractivity contribution in [2.45, 2.75) is 23.8 Å². The molecule has 0 unspecified atom stereocenters. The van der Waals surface area contributed by atoms with Crippen LogP contribution in [0.15, 0.2) is 71.6 Å². The van der Waals surface area contributed by atoms with Crippen molar-refractivity contribution in [3.05, 3.63) is 94.3 Å². The number of nitrogens with one attached hydrogen (secondary N) is 1. The van der Waals surface area contributed by atoms with Gasteiger partial charge in [0, 0.05) is 34.9 Å². The maximum absolute atomic E-state index is 13.7. The van der Waals surface area contributed by atoms with E-state index in [1.165, 1.54) is 45.6 Å². The van der Waals surface area contributed by atoms with Crippen LogP contribution in [-0.4, -0.2) is 49.1 Å². The molecule has 3 aromatic rings. The van der Waals surface area contributed by atoms with E-state index in [-0.39, 0.29) is 17.0 Å². The van der Waals surface area contributed by atoms with Crippen LogP contribution in [0.4, 0.5) is 10.1 Å². The first-order valence-electron chi connectivity index (χ1n) is 11.5. The summed E-state index contributed by atoms with van der Waals surface area (Å²) in [4.78, 5) is 28.0. The molecule has 0 bridgehead atoms. The highest BCUT2D eigenvalue weighted by Gasteiger charge is 2.34. The first kappa shape index (κ1) is 24.4. The highest BCUT2D eigenvalue weighted by molar-refractivity contribution is 7.89. The van der Waals surface area contributed by atoms with Crippen LogP contribution in [0.2, 0.25) is 5.02 Å². The first-order chi connectivity index (χ1) is 17.2. The molecule has 1 N–H and O–H groups in total. The van der Waals surface area contributed by atoms with E-state index >= 15 is 0 Å². The molecule has 0 spiro atoms. The number of carbonyl (C=O) groups excluding carboxylic acids is 2. The number of benzene rings is 3. The molecule has 5 rings (SSSR count). The number of hydrogen-bond acceptors (Lipinski definition) is 4. The van der Waals surface area contributed by atoms with E-state index in [1.54, 1.807) is 30.3 Å². The molecule has 36 heavy (non-hydrogen) atoms. The van der Waals surface area contributed by atoms with Crippen LogP contribution in [0, 0.1) is 5.82 Å². The number of anilines is 1. The Morgan fingerprint density at radius 1 is 0.972 bits per heavy atom. The molecule has 1 atom stereocenters. The lowest BCUT2D eigenvalue weighted by atomic mass is 9.95. The van der Waals surface area contributed by atoms with E-state index in [4.69, 9.17) is 11.6 Å². The monoisotopic (exact) mass is 527 g/mol. The van der Waals surface area contributed by atoms with Crippen molar-refractivity contribution in [3.63, 3.8) is 0 Å². The maximum Gasteiger partial charge on any atom is 0.255 e. The summed E-state index contributed by atoms with van der Waals surface area (Å²) in [7, 11) is -3.63. The van der Waals surface area contributed by atoms with E-state index in [9.17, 15) is 22.4 Å². The first-order valence-corrected chi connectivity index (χ1v) is 13.3. The number of rotatable bonds is 4. The van der Waals surface area contributed by atoms with Gasteiger partial charge in [-0.15, -0.1) is 0 Å². The molecule has 10 heteroatoms. The Morgan fingerprint density at radius 2 is 1.64 bits per heavy atom. The van der Waals surface area contributed by atoms with Crippen molar-refractivity contribution in [3.8, 4) is 0 Å². The van der Waals surface area contributed by atoms with E-state index in [1.807, 2.05) is 0 Å². The number of hydrogen-bond donors (Lipinski definition) is 1. The Labute approximate surface area is 213 Å². The number of sulfonamides is 1. The largest absolute Gasteiger partial charge is 0.324 e. The number of fused-ring (bicyclic) bond motifs is 1. The van der Waals surface area contributed by atoms with E-state index in [0.29, 0.717) is 34.9 Å². The van der Waals surface area contributed by atoms with Gasteiger partial charge in [-0.3, -0.25) is 9.59 Å². The van der Waals surface area contributed by atoms with Gasteiger partial charge in [-0.1, -0.05) is 23.7 Å². The second-order valence-corrected chi connectivity index (χ2v) is 11.2. The van der Waals surface area contributed by atoms with Gasteiger partial charge >= 0.3 is 0 Å². The van der Waals surface area contributed by atoms with Gasteiger partial charge in [0.1, 0.15) is 12.4 Å². The summed E-state index contributed by atoms with van der Waals surface area (Å²) in [6.07, 6.45) is 1.65. The molecular formula is C26H23ClFN3O4S. The van der Waals surface area contributed by atoms with Crippen molar-refractivity contribution >= 4 is 39.1 Å². The maximum atomic E-state index is 13.7. The molecule has 3 aromatic carbocycles. The summed E-state index contributed by atoms with van der Waals surface area (Å²) < 4.78 is 40.9. The average molecular weight is 528 g/mol. The molecule has 0 radical (unpaired) electrons. The zero-order valence-electron chi connectivity index (χ0n) is 19.2. The zero-order valence-corrected chi connectivity index (χ0v) is 20.7. The van der Waals surface area contributed by atoms with Crippen LogP contribution in [0.3, 0.4) is 0 Å². The minimum Gasteiger partial charge on any atom is -0.324 e. The fourth-order valence-electron chi connectivity index (χ4n) is 4.68. The van der Waals surface area contributed by atoms with E-state index < -0.39 is 33.7 Å². The predicted molar refractivity (Wildman–Crippen MR) is 134 cm³/mol. The molecule has 1 fully saturated rings. The summed E-state index contributed by atoms with van der Waals surface area (Å²) >= 11 is 6.27. The topological polar surface area (TPSA) is 86.8 Å². The third-order valence-corrected chi connectivity index (χ3v) is 8.61. The van der Waals surface area contributed by atoms with Gasteiger partial charge in [0.15, 0.2) is 0 Å².